The van der Waals surface area contributed by atoms with Crippen molar-refractivity contribution in [3.05, 3.63) is 44.4 Å². The van der Waals surface area contributed by atoms with Gasteiger partial charge in [-0.15, -0.1) is 0 Å². The highest BCUT2D eigenvalue weighted by molar-refractivity contribution is 6.33. The van der Waals surface area contributed by atoms with Gasteiger partial charge in [-0.05, 0) is 0 Å². The Morgan fingerprint density at radius 1 is 0.750 bits per heavy atom. The first-order valence-electron chi connectivity index (χ1n) is 4.64. The molecule has 20 heavy (non-hydrogen) atoms. The fourth-order valence-corrected chi connectivity index (χ4v) is 1.56. The van der Waals surface area contributed by atoms with Crippen LogP contribution in [0, 0.1) is 22.7 Å². The van der Waals surface area contributed by atoms with E-state index in [1.54, 1.807) is 12.1 Å². The van der Waals surface area contributed by atoms with Gasteiger partial charge in [0.05, 0.1) is 12.4 Å². The average molecular weight is 348 g/mol. The second-order valence-electron chi connectivity index (χ2n) is 2.89. The van der Waals surface area contributed by atoms with Crippen LogP contribution in [0.1, 0.15) is 11.4 Å². The number of halogens is 4. The van der Waals surface area contributed by atoms with Gasteiger partial charge < -0.3 is 0 Å². The number of hydrogen-bond acceptors (Lipinski definition) is 6. The fraction of sp³-hybridized carbons (Fsp3) is 0. The van der Waals surface area contributed by atoms with E-state index in [0.29, 0.717) is 0 Å². The fourth-order valence-electron chi connectivity index (χ4n) is 0.843. The minimum absolute atomic E-state index is 0.0370. The molecule has 2 aromatic rings. The summed E-state index contributed by atoms with van der Waals surface area (Å²) < 4.78 is 0. The number of hydrogen-bond donors (Lipinski definition) is 0. The Kier molecular flexibility index (Phi) is 6.37. The third-order valence-electron chi connectivity index (χ3n) is 1.61. The van der Waals surface area contributed by atoms with Crippen LogP contribution in [-0.4, -0.2) is 19.9 Å². The molecule has 0 aliphatic rings. The summed E-state index contributed by atoms with van der Waals surface area (Å²) in [6, 6.07) is 3.52. The lowest BCUT2D eigenvalue weighted by Gasteiger charge is -1.90. The number of nitriles is 2. The largest absolute Gasteiger partial charge is 0.239 e. The van der Waals surface area contributed by atoms with Crippen LogP contribution >= 0.6 is 46.4 Å². The van der Waals surface area contributed by atoms with Crippen LogP contribution in [0.3, 0.4) is 0 Å². The minimum atomic E-state index is 0.0370. The molecule has 100 valence electrons. The Morgan fingerprint density at radius 2 is 1.10 bits per heavy atom. The molecule has 0 bridgehead atoms. The Hall–Kier alpha value is -1.70. The summed E-state index contributed by atoms with van der Waals surface area (Å²) >= 11 is 21.7. The maximum Gasteiger partial charge on any atom is 0.178 e. The van der Waals surface area contributed by atoms with Crippen LogP contribution in [0.25, 0.3) is 0 Å². The van der Waals surface area contributed by atoms with E-state index in [1.165, 1.54) is 12.4 Å². The Morgan fingerprint density at radius 3 is 1.35 bits per heavy atom. The average Bonchev–Trinajstić information content (AvgIpc) is 2.40. The molecule has 2 aromatic heterocycles. The summed E-state index contributed by atoms with van der Waals surface area (Å²) in [7, 11) is 0. The van der Waals surface area contributed by atoms with E-state index in [9.17, 15) is 0 Å². The molecule has 0 amide bonds. The van der Waals surface area contributed by atoms with Crippen LogP contribution in [0.4, 0.5) is 0 Å². The SMILES string of the molecule is N#Cc1ncc(Cl)nc1Cl.N#Cc1ncc(Cl)nc1Cl. The van der Waals surface area contributed by atoms with Crippen molar-refractivity contribution < 1.29 is 0 Å². The number of rotatable bonds is 0. The quantitative estimate of drug-likeness (QED) is 0.724. The summed E-state index contributed by atoms with van der Waals surface area (Å²) in [5.74, 6) is 0. The van der Waals surface area contributed by atoms with Crippen LogP contribution in [0.5, 0.6) is 0 Å². The molecule has 2 heterocycles. The van der Waals surface area contributed by atoms with E-state index in [4.69, 9.17) is 56.9 Å². The lowest BCUT2D eigenvalue weighted by Crippen LogP contribution is -1.86. The van der Waals surface area contributed by atoms with Crippen molar-refractivity contribution in [3.63, 3.8) is 0 Å². The second kappa shape index (κ2) is 7.78. The van der Waals surface area contributed by atoms with Crippen molar-refractivity contribution in [2.75, 3.05) is 0 Å². The Bertz CT molecular complexity index is 644. The molecule has 0 saturated heterocycles. The lowest BCUT2D eigenvalue weighted by atomic mass is 10.5. The first-order valence-corrected chi connectivity index (χ1v) is 6.15. The molecule has 0 aliphatic heterocycles. The maximum atomic E-state index is 8.33. The zero-order valence-electron chi connectivity index (χ0n) is 9.35. The zero-order valence-corrected chi connectivity index (χ0v) is 12.4. The van der Waals surface area contributed by atoms with E-state index in [-0.39, 0.29) is 32.0 Å². The molecule has 0 N–H and O–H groups in total. The van der Waals surface area contributed by atoms with Crippen molar-refractivity contribution in [3.8, 4) is 12.1 Å². The molecular weight excluding hydrogens is 346 g/mol. The van der Waals surface area contributed by atoms with Crippen molar-refractivity contribution in [1.29, 1.82) is 10.5 Å². The molecule has 0 aromatic carbocycles. The summed E-state index contributed by atoms with van der Waals surface area (Å²) in [6.07, 6.45) is 2.54. The van der Waals surface area contributed by atoms with Gasteiger partial charge in [-0.1, -0.05) is 46.4 Å². The third-order valence-corrected chi connectivity index (χ3v) is 2.50. The van der Waals surface area contributed by atoms with E-state index >= 15 is 0 Å². The lowest BCUT2D eigenvalue weighted by molar-refractivity contribution is 1.16. The monoisotopic (exact) mass is 346 g/mol. The minimum Gasteiger partial charge on any atom is -0.239 e. The van der Waals surface area contributed by atoms with Crippen molar-refractivity contribution in [2.24, 2.45) is 0 Å². The van der Waals surface area contributed by atoms with E-state index < -0.39 is 0 Å². The molecule has 0 fully saturated rings. The first kappa shape index (κ1) is 16.4. The topological polar surface area (TPSA) is 99.1 Å². The molecule has 0 spiro atoms. The Balaban J connectivity index is 0.000000200. The van der Waals surface area contributed by atoms with E-state index in [0.717, 1.165) is 0 Å². The van der Waals surface area contributed by atoms with E-state index in [1.807, 2.05) is 0 Å². The van der Waals surface area contributed by atoms with Gasteiger partial charge in [0, 0.05) is 0 Å². The summed E-state index contributed by atoms with van der Waals surface area (Å²) in [4.78, 5) is 14.4. The van der Waals surface area contributed by atoms with Crippen molar-refractivity contribution in [2.45, 2.75) is 0 Å². The molecule has 0 radical (unpaired) electrons. The van der Waals surface area contributed by atoms with Crippen LogP contribution < -0.4 is 0 Å². The van der Waals surface area contributed by atoms with Crippen LogP contribution in [-0.2, 0) is 0 Å². The van der Waals surface area contributed by atoms with Crippen LogP contribution in [0.2, 0.25) is 20.6 Å². The molecule has 10 heteroatoms. The van der Waals surface area contributed by atoms with Gasteiger partial charge in [0.2, 0.25) is 0 Å². The van der Waals surface area contributed by atoms with Gasteiger partial charge >= 0.3 is 0 Å². The highest BCUT2D eigenvalue weighted by Gasteiger charge is 2.01. The molecule has 0 saturated carbocycles. The third kappa shape index (κ3) is 4.76. The normalized spacial score (nSPS) is 8.90. The predicted octanol–water partition coefficient (Wildman–Crippen LogP) is 3.31. The molecule has 0 unspecified atom stereocenters. The smallest absolute Gasteiger partial charge is 0.178 e. The predicted molar refractivity (Wildman–Crippen MR) is 73.5 cm³/mol. The highest BCUT2D eigenvalue weighted by Crippen LogP contribution is 2.12. The molecule has 0 atom stereocenters. The first-order chi connectivity index (χ1) is 9.47. The highest BCUT2D eigenvalue weighted by atomic mass is 35.5. The Labute approximate surface area is 133 Å². The summed E-state index contributed by atoms with van der Waals surface area (Å²) in [5, 5.41) is 17.1. The van der Waals surface area contributed by atoms with Gasteiger partial charge in [0.25, 0.3) is 0 Å². The standard InChI is InChI=1S/2C5HCl2N3/c2*6-4-2-9-3(1-8)5(7)10-4/h2*2H. The molecule has 0 aliphatic carbocycles. The van der Waals surface area contributed by atoms with Gasteiger partial charge in [-0.25, -0.2) is 19.9 Å². The number of aromatic nitrogens is 4. The maximum absolute atomic E-state index is 8.33. The zero-order chi connectivity index (χ0) is 15.1. The summed E-state index contributed by atoms with van der Waals surface area (Å²) in [6.45, 7) is 0. The van der Waals surface area contributed by atoms with Crippen molar-refractivity contribution in [1.82, 2.24) is 19.9 Å². The summed E-state index contributed by atoms with van der Waals surface area (Å²) in [5.41, 5.74) is 0.178. The number of nitrogens with zero attached hydrogens (tertiary/aromatic N) is 6. The molecular formula is C10H2Cl4N6. The second-order valence-corrected chi connectivity index (χ2v) is 4.38. The molecule has 2 rings (SSSR count). The van der Waals surface area contributed by atoms with Gasteiger partial charge in [-0.3, -0.25) is 0 Å². The molecule has 6 nitrogen and oxygen atoms in total. The van der Waals surface area contributed by atoms with E-state index in [2.05, 4.69) is 19.9 Å². The van der Waals surface area contributed by atoms with Gasteiger partial charge in [-0.2, -0.15) is 10.5 Å². The van der Waals surface area contributed by atoms with Crippen LogP contribution in [0.15, 0.2) is 12.4 Å². The van der Waals surface area contributed by atoms with Crippen molar-refractivity contribution >= 4 is 46.4 Å². The van der Waals surface area contributed by atoms with Gasteiger partial charge in [0.15, 0.2) is 21.7 Å². The van der Waals surface area contributed by atoms with Gasteiger partial charge in [0.1, 0.15) is 22.4 Å².